The minimum absolute atomic E-state index is 0.0262. The van der Waals surface area contributed by atoms with Crippen LogP contribution in [0.2, 0.25) is 5.02 Å². The van der Waals surface area contributed by atoms with Crippen LogP contribution < -0.4 is 15.8 Å². The topological polar surface area (TPSA) is 107 Å². The summed E-state index contributed by atoms with van der Waals surface area (Å²) in [4.78, 5) is 21.8. The summed E-state index contributed by atoms with van der Waals surface area (Å²) in [5.41, 5.74) is 5.34. The summed E-state index contributed by atoms with van der Waals surface area (Å²) in [6, 6.07) is 4.14. The molecule has 1 atom stereocenters. The van der Waals surface area contributed by atoms with Gasteiger partial charge in [0.25, 0.3) is 0 Å². The van der Waals surface area contributed by atoms with Crippen LogP contribution in [0.5, 0.6) is 5.75 Å². The van der Waals surface area contributed by atoms with Crippen molar-refractivity contribution in [2.75, 3.05) is 13.2 Å². The number of hydrogen-bond donors (Lipinski definition) is 2. The van der Waals surface area contributed by atoms with E-state index in [0.29, 0.717) is 13.0 Å². The number of nitrogens with zero attached hydrogens (tertiary/aromatic N) is 1. The lowest BCUT2D eigenvalue weighted by molar-refractivity contribution is -0.385. The van der Waals surface area contributed by atoms with E-state index in [1.807, 2.05) is 6.92 Å². The second-order valence-corrected chi connectivity index (χ2v) is 5.02. The van der Waals surface area contributed by atoms with Crippen molar-refractivity contribution in [2.45, 2.75) is 25.8 Å². The maximum absolute atomic E-state index is 11.5. The predicted octanol–water partition coefficient (Wildman–Crippen LogP) is 1.87. The van der Waals surface area contributed by atoms with E-state index in [-0.39, 0.29) is 41.4 Å². The first-order chi connectivity index (χ1) is 9.90. The van der Waals surface area contributed by atoms with Gasteiger partial charge in [0.05, 0.1) is 18.0 Å². The molecule has 0 fully saturated rings. The van der Waals surface area contributed by atoms with Crippen molar-refractivity contribution in [2.24, 2.45) is 5.73 Å². The number of nitrogens with one attached hydrogen (secondary N) is 1. The van der Waals surface area contributed by atoms with Gasteiger partial charge < -0.3 is 15.8 Å². The van der Waals surface area contributed by atoms with Gasteiger partial charge in [-0.2, -0.15) is 0 Å². The van der Waals surface area contributed by atoms with Gasteiger partial charge in [0, 0.05) is 23.7 Å². The van der Waals surface area contributed by atoms with Crippen molar-refractivity contribution in [3.8, 4) is 5.75 Å². The second-order valence-electron chi connectivity index (χ2n) is 4.58. The van der Waals surface area contributed by atoms with Gasteiger partial charge in [-0.15, -0.1) is 0 Å². The van der Waals surface area contributed by atoms with Crippen LogP contribution in [0, 0.1) is 10.1 Å². The average molecular weight is 316 g/mol. The number of hydrogen-bond acceptors (Lipinski definition) is 5. The fourth-order valence-corrected chi connectivity index (χ4v) is 1.70. The number of nitrogens with two attached hydrogens (primary N) is 1. The molecule has 0 bridgehead atoms. The van der Waals surface area contributed by atoms with E-state index in [4.69, 9.17) is 22.1 Å². The van der Waals surface area contributed by atoms with Crippen molar-refractivity contribution in [3.05, 3.63) is 33.3 Å². The minimum atomic E-state index is -0.579. The fourth-order valence-electron chi connectivity index (χ4n) is 1.54. The summed E-state index contributed by atoms with van der Waals surface area (Å²) >= 11 is 5.69. The number of ether oxygens (including phenoxy) is 1. The van der Waals surface area contributed by atoms with Crippen molar-refractivity contribution in [1.82, 2.24) is 5.32 Å². The molecule has 7 nitrogen and oxygen atoms in total. The Balaban J connectivity index is 2.42. The van der Waals surface area contributed by atoms with Crippen LogP contribution in [-0.4, -0.2) is 30.0 Å². The number of carbonyl (C=O) groups excluding carboxylic acids is 1. The zero-order valence-electron chi connectivity index (χ0n) is 11.7. The standard InChI is InChI=1S/C13H18ClN3O4/c1-9(15)4-6-16-13(18)5-7-21-12-3-2-10(14)8-11(12)17(19)20/h2-3,8-9H,4-7,15H2,1H3,(H,16,18). The molecule has 1 rings (SSSR count). The second kappa shape index (κ2) is 8.43. The van der Waals surface area contributed by atoms with E-state index in [9.17, 15) is 14.9 Å². The Bertz CT molecular complexity index is 508. The number of carbonyl (C=O) groups is 1. The maximum atomic E-state index is 11.5. The van der Waals surface area contributed by atoms with Crippen LogP contribution in [0.1, 0.15) is 19.8 Å². The summed E-state index contributed by atoms with van der Waals surface area (Å²) in [5.74, 6) is -0.0972. The zero-order valence-corrected chi connectivity index (χ0v) is 12.4. The van der Waals surface area contributed by atoms with Gasteiger partial charge in [-0.05, 0) is 25.5 Å². The molecule has 0 saturated carbocycles. The number of nitro benzene ring substituents is 1. The van der Waals surface area contributed by atoms with Crippen LogP contribution in [0.4, 0.5) is 5.69 Å². The smallest absolute Gasteiger partial charge is 0.312 e. The highest BCUT2D eigenvalue weighted by molar-refractivity contribution is 6.30. The number of nitro groups is 1. The molecule has 0 radical (unpaired) electrons. The number of rotatable bonds is 8. The molecule has 21 heavy (non-hydrogen) atoms. The molecule has 1 aromatic carbocycles. The van der Waals surface area contributed by atoms with Gasteiger partial charge in [0.2, 0.25) is 5.91 Å². The van der Waals surface area contributed by atoms with Gasteiger partial charge >= 0.3 is 5.69 Å². The highest BCUT2D eigenvalue weighted by Gasteiger charge is 2.15. The van der Waals surface area contributed by atoms with E-state index < -0.39 is 4.92 Å². The van der Waals surface area contributed by atoms with E-state index in [1.54, 1.807) is 0 Å². The molecule has 0 spiro atoms. The average Bonchev–Trinajstić information content (AvgIpc) is 2.39. The summed E-state index contributed by atoms with van der Waals surface area (Å²) in [6.45, 7) is 2.40. The third kappa shape index (κ3) is 6.42. The maximum Gasteiger partial charge on any atom is 0.312 e. The quantitative estimate of drug-likeness (QED) is 0.562. The Labute approximate surface area is 127 Å². The predicted molar refractivity (Wildman–Crippen MR) is 79.5 cm³/mol. The van der Waals surface area contributed by atoms with Gasteiger partial charge in [-0.1, -0.05) is 11.6 Å². The molecule has 0 aliphatic carbocycles. The van der Waals surface area contributed by atoms with Crippen LogP contribution in [0.3, 0.4) is 0 Å². The SMILES string of the molecule is CC(N)CCNC(=O)CCOc1ccc(Cl)cc1[N+](=O)[O-]. The van der Waals surface area contributed by atoms with E-state index in [0.717, 1.165) is 0 Å². The third-order valence-corrected chi connectivity index (χ3v) is 2.86. The first-order valence-corrected chi connectivity index (χ1v) is 6.87. The van der Waals surface area contributed by atoms with Crippen LogP contribution >= 0.6 is 11.6 Å². The molecular weight excluding hydrogens is 298 g/mol. The largest absolute Gasteiger partial charge is 0.486 e. The highest BCUT2D eigenvalue weighted by atomic mass is 35.5. The monoisotopic (exact) mass is 315 g/mol. The molecule has 1 amide bonds. The Morgan fingerprint density at radius 3 is 2.90 bits per heavy atom. The molecule has 0 aliphatic heterocycles. The zero-order chi connectivity index (χ0) is 15.8. The fraction of sp³-hybridized carbons (Fsp3) is 0.462. The molecule has 3 N–H and O–H groups in total. The normalized spacial score (nSPS) is 11.8. The van der Waals surface area contributed by atoms with Gasteiger partial charge in [0.1, 0.15) is 0 Å². The molecule has 116 valence electrons. The van der Waals surface area contributed by atoms with Crippen molar-refractivity contribution in [1.29, 1.82) is 0 Å². The van der Waals surface area contributed by atoms with E-state index in [2.05, 4.69) is 5.32 Å². The lowest BCUT2D eigenvalue weighted by atomic mass is 10.2. The van der Waals surface area contributed by atoms with E-state index in [1.165, 1.54) is 18.2 Å². The summed E-state index contributed by atoms with van der Waals surface area (Å²) in [6.07, 6.45) is 0.800. The Morgan fingerprint density at radius 2 is 2.29 bits per heavy atom. The van der Waals surface area contributed by atoms with E-state index >= 15 is 0 Å². The Kier molecular flexibility index (Phi) is 6.90. The Hall–Kier alpha value is -1.86. The van der Waals surface area contributed by atoms with Crippen LogP contribution in [0.25, 0.3) is 0 Å². The molecule has 0 saturated heterocycles. The Morgan fingerprint density at radius 1 is 1.57 bits per heavy atom. The third-order valence-electron chi connectivity index (χ3n) is 2.63. The first kappa shape index (κ1) is 17.2. The van der Waals surface area contributed by atoms with Crippen LogP contribution in [0.15, 0.2) is 18.2 Å². The lowest BCUT2D eigenvalue weighted by Crippen LogP contribution is -2.29. The highest BCUT2D eigenvalue weighted by Crippen LogP contribution is 2.29. The van der Waals surface area contributed by atoms with Crippen molar-refractivity contribution in [3.63, 3.8) is 0 Å². The molecule has 0 aliphatic rings. The number of benzene rings is 1. The van der Waals surface area contributed by atoms with Crippen LogP contribution in [-0.2, 0) is 4.79 Å². The van der Waals surface area contributed by atoms with Crippen molar-refractivity contribution >= 4 is 23.2 Å². The van der Waals surface area contributed by atoms with Gasteiger partial charge in [0.15, 0.2) is 5.75 Å². The molecular formula is C13H18ClN3O4. The molecule has 0 heterocycles. The number of halogens is 1. The van der Waals surface area contributed by atoms with Gasteiger partial charge in [-0.3, -0.25) is 14.9 Å². The molecule has 0 aromatic heterocycles. The molecule has 8 heteroatoms. The lowest BCUT2D eigenvalue weighted by Gasteiger charge is -2.09. The minimum Gasteiger partial charge on any atom is -0.486 e. The number of amides is 1. The molecule has 1 unspecified atom stereocenters. The summed E-state index contributed by atoms with van der Waals surface area (Å²) < 4.78 is 5.27. The van der Waals surface area contributed by atoms with Gasteiger partial charge in [-0.25, -0.2) is 0 Å². The summed E-state index contributed by atoms with van der Waals surface area (Å²) in [5, 5.41) is 13.8. The molecule has 1 aromatic rings. The first-order valence-electron chi connectivity index (χ1n) is 6.49. The van der Waals surface area contributed by atoms with Crippen molar-refractivity contribution < 1.29 is 14.5 Å². The summed E-state index contributed by atoms with van der Waals surface area (Å²) in [7, 11) is 0.